The van der Waals surface area contributed by atoms with Gasteiger partial charge in [-0.25, -0.2) is 0 Å². The van der Waals surface area contributed by atoms with Crippen LogP contribution in [-0.4, -0.2) is 20.5 Å². The second kappa shape index (κ2) is 5.75. The highest BCUT2D eigenvalue weighted by atomic mass is 19.4. The summed E-state index contributed by atoms with van der Waals surface area (Å²) in [4.78, 5) is 10.3. The Labute approximate surface area is 103 Å². The molecule has 100 valence electrons. The SMILES string of the molecule is COc1c(CCC=O)ccc(C(F)(F)F)c1OC. The van der Waals surface area contributed by atoms with Crippen LogP contribution in [0.5, 0.6) is 11.5 Å². The van der Waals surface area contributed by atoms with Crippen molar-refractivity contribution in [3.8, 4) is 11.5 Å². The van der Waals surface area contributed by atoms with Gasteiger partial charge in [0.2, 0.25) is 0 Å². The molecule has 0 atom stereocenters. The van der Waals surface area contributed by atoms with Crippen LogP contribution in [0.25, 0.3) is 0 Å². The van der Waals surface area contributed by atoms with E-state index in [1.165, 1.54) is 13.2 Å². The van der Waals surface area contributed by atoms with E-state index in [9.17, 15) is 18.0 Å². The number of halogens is 3. The number of ether oxygens (including phenoxy) is 2. The van der Waals surface area contributed by atoms with E-state index in [0.29, 0.717) is 18.3 Å². The first-order valence-corrected chi connectivity index (χ1v) is 5.20. The molecule has 0 aliphatic carbocycles. The number of methoxy groups -OCH3 is 2. The molecule has 6 heteroatoms. The number of carbonyl (C=O) groups excluding carboxylic acids is 1. The summed E-state index contributed by atoms with van der Waals surface area (Å²) in [6, 6.07) is 2.23. The Bertz CT molecular complexity index is 427. The van der Waals surface area contributed by atoms with Gasteiger partial charge in [-0.3, -0.25) is 0 Å². The number of benzene rings is 1. The van der Waals surface area contributed by atoms with Gasteiger partial charge in [-0.2, -0.15) is 13.2 Å². The Balaban J connectivity index is 3.31. The average molecular weight is 262 g/mol. The highest BCUT2D eigenvalue weighted by Crippen LogP contribution is 2.43. The summed E-state index contributed by atoms with van der Waals surface area (Å²) in [7, 11) is 2.42. The number of aryl methyl sites for hydroxylation is 1. The van der Waals surface area contributed by atoms with E-state index in [4.69, 9.17) is 9.47 Å². The molecule has 0 N–H and O–H groups in total. The zero-order valence-corrected chi connectivity index (χ0v) is 10.0. The van der Waals surface area contributed by atoms with E-state index in [1.54, 1.807) is 0 Å². The van der Waals surface area contributed by atoms with Crippen molar-refractivity contribution >= 4 is 6.29 Å². The van der Waals surface area contributed by atoms with Crippen LogP contribution in [0.4, 0.5) is 13.2 Å². The molecule has 0 aliphatic rings. The van der Waals surface area contributed by atoms with Crippen LogP contribution in [0.15, 0.2) is 12.1 Å². The van der Waals surface area contributed by atoms with Gasteiger partial charge in [-0.15, -0.1) is 0 Å². The Morgan fingerprint density at radius 2 is 1.78 bits per heavy atom. The lowest BCUT2D eigenvalue weighted by Gasteiger charge is -2.17. The van der Waals surface area contributed by atoms with Gasteiger partial charge in [0, 0.05) is 6.42 Å². The first-order chi connectivity index (χ1) is 8.45. The molecule has 0 amide bonds. The van der Waals surface area contributed by atoms with Crippen molar-refractivity contribution in [3.05, 3.63) is 23.3 Å². The quantitative estimate of drug-likeness (QED) is 0.765. The number of alkyl halides is 3. The second-order valence-corrected chi connectivity index (χ2v) is 3.54. The van der Waals surface area contributed by atoms with Gasteiger partial charge in [0.1, 0.15) is 11.8 Å². The summed E-state index contributed by atoms with van der Waals surface area (Å²) in [6.07, 6.45) is -3.29. The first kappa shape index (κ1) is 14.3. The lowest BCUT2D eigenvalue weighted by atomic mass is 10.0. The zero-order chi connectivity index (χ0) is 13.8. The molecule has 0 fully saturated rings. The van der Waals surface area contributed by atoms with E-state index in [0.717, 1.165) is 13.2 Å². The predicted octanol–water partition coefficient (Wildman–Crippen LogP) is 2.85. The summed E-state index contributed by atoms with van der Waals surface area (Å²) >= 11 is 0. The van der Waals surface area contributed by atoms with E-state index in [-0.39, 0.29) is 17.9 Å². The average Bonchev–Trinajstić information content (AvgIpc) is 2.33. The lowest BCUT2D eigenvalue weighted by Crippen LogP contribution is -2.09. The zero-order valence-electron chi connectivity index (χ0n) is 10.0. The fraction of sp³-hybridized carbons (Fsp3) is 0.417. The standard InChI is InChI=1S/C12H13F3O3/c1-17-10-8(4-3-7-16)5-6-9(11(10)18-2)12(13,14)15/h5-7H,3-4H2,1-2H3. The Kier molecular flexibility index (Phi) is 4.58. The molecule has 1 aromatic rings. The Hall–Kier alpha value is -1.72. The molecule has 0 radical (unpaired) electrons. The molecule has 0 unspecified atom stereocenters. The van der Waals surface area contributed by atoms with Crippen molar-refractivity contribution in [2.75, 3.05) is 14.2 Å². The van der Waals surface area contributed by atoms with Crippen LogP contribution in [0.3, 0.4) is 0 Å². The minimum Gasteiger partial charge on any atom is -0.493 e. The highest BCUT2D eigenvalue weighted by molar-refractivity contribution is 5.55. The number of aldehydes is 1. The molecular formula is C12H13F3O3. The summed E-state index contributed by atoms with van der Waals surface area (Å²) in [5.41, 5.74) is -0.383. The summed E-state index contributed by atoms with van der Waals surface area (Å²) in [5.74, 6) is -0.331. The number of carbonyl (C=O) groups is 1. The van der Waals surface area contributed by atoms with Crippen molar-refractivity contribution in [2.45, 2.75) is 19.0 Å². The van der Waals surface area contributed by atoms with E-state index in [1.807, 2.05) is 0 Å². The largest absolute Gasteiger partial charge is 0.493 e. The van der Waals surface area contributed by atoms with Gasteiger partial charge >= 0.3 is 6.18 Å². The molecular weight excluding hydrogens is 249 g/mol. The van der Waals surface area contributed by atoms with E-state index < -0.39 is 11.7 Å². The summed E-state index contributed by atoms with van der Waals surface area (Å²) < 4.78 is 48.0. The number of hydrogen-bond acceptors (Lipinski definition) is 3. The van der Waals surface area contributed by atoms with E-state index >= 15 is 0 Å². The molecule has 3 nitrogen and oxygen atoms in total. The summed E-state index contributed by atoms with van der Waals surface area (Å²) in [6.45, 7) is 0. The van der Waals surface area contributed by atoms with Crippen LogP contribution < -0.4 is 9.47 Å². The number of hydrogen-bond donors (Lipinski definition) is 0. The van der Waals surface area contributed by atoms with Crippen molar-refractivity contribution in [1.29, 1.82) is 0 Å². The van der Waals surface area contributed by atoms with E-state index in [2.05, 4.69) is 0 Å². The van der Waals surface area contributed by atoms with Crippen molar-refractivity contribution in [2.24, 2.45) is 0 Å². The molecule has 18 heavy (non-hydrogen) atoms. The maximum absolute atomic E-state index is 12.7. The van der Waals surface area contributed by atoms with Crippen LogP contribution in [-0.2, 0) is 17.4 Å². The van der Waals surface area contributed by atoms with Crippen molar-refractivity contribution < 1.29 is 27.4 Å². The first-order valence-electron chi connectivity index (χ1n) is 5.20. The van der Waals surface area contributed by atoms with Gasteiger partial charge in [-0.05, 0) is 18.1 Å². The molecule has 1 aromatic carbocycles. The molecule has 0 heterocycles. The maximum atomic E-state index is 12.7. The monoisotopic (exact) mass is 262 g/mol. The topological polar surface area (TPSA) is 35.5 Å². The maximum Gasteiger partial charge on any atom is 0.420 e. The molecule has 0 saturated carbocycles. The summed E-state index contributed by atoms with van der Waals surface area (Å²) in [5, 5.41) is 0. The smallest absolute Gasteiger partial charge is 0.420 e. The van der Waals surface area contributed by atoms with Crippen molar-refractivity contribution in [1.82, 2.24) is 0 Å². The molecule has 0 spiro atoms. The Morgan fingerprint density at radius 3 is 2.22 bits per heavy atom. The third kappa shape index (κ3) is 2.94. The molecule has 0 bridgehead atoms. The minimum absolute atomic E-state index is 0.0224. The lowest BCUT2D eigenvalue weighted by molar-refractivity contribution is -0.138. The van der Waals surface area contributed by atoms with Gasteiger partial charge in [0.15, 0.2) is 11.5 Å². The third-order valence-corrected chi connectivity index (χ3v) is 2.44. The van der Waals surface area contributed by atoms with Gasteiger partial charge < -0.3 is 14.3 Å². The van der Waals surface area contributed by atoms with Crippen LogP contribution in [0, 0.1) is 0 Å². The van der Waals surface area contributed by atoms with Gasteiger partial charge in [-0.1, -0.05) is 6.07 Å². The fourth-order valence-electron chi connectivity index (χ4n) is 1.66. The normalized spacial score (nSPS) is 11.2. The Morgan fingerprint density at radius 1 is 1.17 bits per heavy atom. The van der Waals surface area contributed by atoms with Crippen LogP contribution >= 0.6 is 0 Å². The molecule has 0 saturated heterocycles. The molecule has 0 aromatic heterocycles. The molecule has 0 aliphatic heterocycles. The minimum atomic E-state index is -4.51. The van der Waals surface area contributed by atoms with Crippen LogP contribution in [0.2, 0.25) is 0 Å². The van der Waals surface area contributed by atoms with Crippen LogP contribution in [0.1, 0.15) is 17.5 Å². The molecule has 1 rings (SSSR count). The van der Waals surface area contributed by atoms with Crippen molar-refractivity contribution in [3.63, 3.8) is 0 Å². The fourth-order valence-corrected chi connectivity index (χ4v) is 1.66. The number of rotatable bonds is 5. The third-order valence-electron chi connectivity index (χ3n) is 2.44. The highest BCUT2D eigenvalue weighted by Gasteiger charge is 2.36. The van der Waals surface area contributed by atoms with Gasteiger partial charge in [0.05, 0.1) is 14.2 Å². The predicted molar refractivity (Wildman–Crippen MR) is 58.9 cm³/mol. The second-order valence-electron chi connectivity index (χ2n) is 3.54. The van der Waals surface area contributed by atoms with Gasteiger partial charge in [0.25, 0.3) is 0 Å².